The summed E-state index contributed by atoms with van der Waals surface area (Å²) in [6.07, 6.45) is 0. The van der Waals surface area contributed by atoms with Crippen molar-refractivity contribution in [3.63, 3.8) is 0 Å². The summed E-state index contributed by atoms with van der Waals surface area (Å²) in [5.41, 5.74) is 2.78. The molecule has 0 saturated carbocycles. The largest absolute Gasteiger partial charge is 0.424 e. The van der Waals surface area contributed by atoms with Gasteiger partial charge in [0.1, 0.15) is 5.52 Å². The van der Waals surface area contributed by atoms with Gasteiger partial charge in [-0.05, 0) is 48.9 Å². The lowest BCUT2D eigenvalue weighted by atomic mass is 9.92. The van der Waals surface area contributed by atoms with Crippen LogP contribution in [0.15, 0.2) is 60.7 Å². The Labute approximate surface area is 170 Å². The molecule has 0 aliphatic carbocycles. The van der Waals surface area contributed by atoms with Gasteiger partial charge in [0.05, 0.1) is 16.1 Å². The molecule has 5 rings (SSSR count). The van der Waals surface area contributed by atoms with E-state index in [0.29, 0.717) is 32.3 Å². The average molecular weight is 410 g/mol. The lowest BCUT2D eigenvalue weighted by Gasteiger charge is -2.30. The highest BCUT2D eigenvalue weighted by Crippen LogP contribution is 2.46. The van der Waals surface area contributed by atoms with Crippen LogP contribution in [0.1, 0.15) is 27.0 Å². The van der Waals surface area contributed by atoms with Crippen molar-refractivity contribution in [1.29, 1.82) is 0 Å². The Hall–Kier alpha value is -2.89. The minimum Gasteiger partial charge on any atom is -0.424 e. The molecule has 138 valence electrons. The lowest BCUT2D eigenvalue weighted by molar-refractivity contribution is -0.00691. The zero-order valence-corrected chi connectivity index (χ0v) is 16.2. The van der Waals surface area contributed by atoms with Crippen LogP contribution >= 0.6 is 23.2 Å². The summed E-state index contributed by atoms with van der Waals surface area (Å²) in [7, 11) is 0. The Balaban J connectivity index is 1.91. The highest BCUT2D eigenvalue weighted by Gasteiger charge is 2.51. The average Bonchev–Trinajstić information content (AvgIpc) is 3.21. The fraction of sp³-hybridized carbons (Fsp3) is 0.0952. The van der Waals surface area contributed by atoms with Crippen LogP contribution in [0.3, 0.4) is 0 Å². The van der Waals surface area contributed by atoms with E-state index in [-0.39, 0.29) is 0 Å². The number of carbonyl (C=O) groups excluding carboxylic acids is 1. The Morgan fingerprint density at radius 3 is 2.64 bits per heavy atom. The second-order valence-electron chi connectivity index (χ2n) is 6.70. The second-order valence-corrected chi connectivity index (χ2v) is 7.54. The second kappa shape index (κ2) is 6.06. The van der Waals surface area contributed by atoms with Crippen molar-refractivity contribution in [1.82, 2.24) is 15.0 Å². The number of carbonyl (C=O) groups is 1. The summed E-state index contributed by atoms with van der Waals surface area (Å²) in [4.78, 5) is 12.8. The molecular formula is C21H13Cl2N3O2. The van der Waals surface area contributed by atoms with E-state index in [1.54, 1.807) is 35.0 Å². The number of hydrogen-bond acceptors (Lipinski definition) is 4. The van der Waals surface area contributed by atoms with Crippen molar-refractivity contribution in [3.05, 3.63) is 93.0 Å². The van der Waals surface area contributed by atoms with Gasteiger partial charge in [0, 0.05) is 16.1 Å². The van der Waals surface area contributed by atoms with Crippen LogP contribution in [-0.2, 0) is 10.5 Å². The smallest absolute Gasteiger partial charge is 0.341 e. The number of halogens is 2. The van der Waals surface area contributed by atoms with Crippen LogP contribution in [0, 0.1) is 6.92 Å². The molecule has 1 aliphatic heterocycles. The number of aromatic nitrogens is 3. The minimum absolute atomic E-state index is 0.368. The number of hydrogen-bond donors (Lipinski definition) is 0. The van der Waals surface area contributed by atoms with Gasteiger partial charge in [-0.1, -0.05) is 52.7 Å². The van der Waals surface area contributed by atoms with Gasteiger partial charge >= 0.3 is 5.97 Å². The molecule has 5 nitrogen and oxygen atoms in total. The molecule has 0 N–H and O–H groups in total. The summed E-state index contributed by atoms with van der Waals surface area (Å²) in [6, 6.07) is 18.1. The summed E-state index contributed by atoms with van der Waals surface area (Å²) in [5.74, 6) is -0.447. The van der Waals surface area contributed by atoms with E-state index in [2.05, 4.69) is 10.3 Å². The Kier molecular flexibility index (Phi) is 3.73. The van der Waals surface area contributed by atoms with Gasteiger partial charge in [-0.15, -0.1) is 5.10 Å². The molecule has 1 aliphatic rings. The van der Waals surface area contributed by atoms with E-state index < -0.39 is 11.7 Å². The predicted molar refractivity (Wildman–Crippen MR) is 107 cm³/mol. The third-order valence-electron chi connectivity index (χ3n) is 4.95. The van der Waals surface area contributed by atoms with Crippen LogP contribution in [0.4, 0.5) is 0 Å². The first-order valence-corrected chi connectivity index (χ1v) is 9.37. The summed E-state index contributed by atoms with van der Waals surface area (Å²) < 4.78 is 7.61. The first kappa shape index (κ1) is 17.2. The molecule has 3 aromatic carbocycles. The van der Waals surface area contributed by atoms with Crippen molar-refractivity contribution in [2.24, 2.45) is 0 Å². The Morgan fingerprint density at radius 2 is 1.82 bits per heavy atom. The predicted octanol–water partition coefficient (Wildman–Crippen LogP) is 4.97. The molecule has 1 unspecified atom stereocenters. The van der Waals surface area contributed by atoms with E-state index in [1.165, 1.54) is 0 Å². The topological polar surface area (TPSA) is 57.0 Å². The third kappa shape index (κ3) is 2.30. The van der Waals surface area contributed by atoms with E-state index in [4.69, 9.17) is 27.9 Å². The van der Waals surface area contributed by atoms with E-state index >= 15 is 0 Å². The lowest BCUT2D eigenvalue weighted by Crippen LogP contribution is -2.38. The molecule has 0 spiro atoms. The maximum Gasteiger partial charge on any atom is 0.341 e. The molecule has 1 atom stereocenters. The molecule has 1 aromatic heterocycles. The van der Waals surface area contributed by atoms with Crippen LogP contribution < -0.4 is 0 Å². The van der Waals surface area contributed by atoms with Gasteiger partial charge in [0.25, 0.3) is 5.72 Å². The van der Waals surface area contributed by atoms with Crippen molar-refractivity contribution >= 4 is 40.2 Å². The third-order valence-corrected chi connectivity index (χ3v) is 5.50. The van der Waals surface area contributed by atoms with E-state index in [1.807, 2.05) is 37.3 Å². The van der Waals surface area contributed by atoms with Crippen molar-refractivity contribution in [2.45, 2.75) is 12.6 Å². The maximum absolute atomic E-state index is 12.8. The number of esters is 1. The van der Waals surface area contributed by atoms with Crippen LogP contribution in [-0.4, -0.2) is 21.0 Å². The first-order valence-electron chi connectivity index (χ1n) is 8.61. The Bertz CT molecular complexity index is 1270. The molecule has 0 bridgehead atoms. The van der Waals surface area contributed by atoms with Crippen LogP contribution in [0.25, 0.3) is 11.0 Å². The number of cyclic esters (lactones) is 1. The highest BCUT2D eigenvalue weighted by atomic mass is 35.5. The van der Waals surface area contributed by atoms with Crippen LogP contribution in [0.2, 0.25) is 10.0 Å². The zero-order valence-electron chi connectivity index (χ0n) is 14.7. The number of fused-ring (bicyclic) bond motifs is 2. The molecule has 0 saturated heterocycles. The normalized spacial score (nSPS) is 18.3. The number of rotatable bonds is 2. The summed E-state index contributed by atoms with van der Waals surface area (Å²) in [5, 5.41) is 9.51. The fourth-order valence-corrected chi connectivity index (χ4v) is 4.24. The highest BCUT2D eigenvalue weighted by molar-refractivity contribution is 6.35. The Morgan fingerprint density at radius 1 is 1.00 bits per heavy atom. The van der Waals surface area contributed by atoms with Crippen LogP contribution in [0.5, 0.6) is 0 Å². The zero-order chi connectivity index (χ0) is 19.5. The van der Waals surface area contributed by atoms with Gasteiger partial charge < -0.3 is 4.74 Å². The fourth-order valence-electron chi connectivity index (χ4n) is 3.70. The number of benzene rings is 3. The molecule has 0 amide bonds. The molecule has 7 heteroatoms. The number of aryl methyl sites for hydroxylation is 1. The molecule has 0 fully saturated rings. The van der Waals surface area contributed by atoms with Gasteiger partial charge in [-0.3, -0.25) is 0 Å². The molecule has 2 heterocycles. The molecule has 0 radical (unpaired) electrons. The summed E-state index contributed by atoms with van der Waals surface area (Å²) >= 11 is 12.7. The van der Waals surface area contributed by atoms with E-state index in [9.17, 15) is 4.79 Å². The van der Waals surface area contributed by atoms with E-state index in [0.717, 1.165) is 11.1 Å². The van der Waals surface area contributed by atoms with Gasteiger partial charge in [0.2, 0.25) is 0 Å². The molecule has 28 heavy (non-hydrogen) atoms. The standard InChI is InChI=1S/C21H13Cl2N3O2/c1-12-6-9-19-18(10-12)24-25-26(19)21(16-8-7-13(22)11-17(16)23)15-5-3-2-4-14(15)20(27)28-21/h2-11H,1H3. The van der Waals surface area contributed by atoms with Gasteiger partial charge in [-0.2, -0.15) is 4.68 Å². The number of nitrogens with zero attached hydrogens (tertiary/aromatic N) is 3. The molecular weight excluding hydrogens is 397 g/mol. The minimum atomic E-state index is -1.38. The van der Waals surface area contributed by atoms with Crippen molar-refractivity contribution in [3.8, 4) is 0 Å². The molecule has 4 aromatic rings. The maximum atomic E-state index is 12.8. The van der Waals surface area contributed by atoms with Gasteiger partial charge in [0.15, 0.2) is 0 Å². The first-order chi connectivity index (χ1) is 13.5. The van der Waals surface area contributed by atoms with Gasteiger partial charge in [-0.25, -0.2) is 4.79 Å². The summed E-state index contributed by atoms with van der Waals surface area (Å²) in [6.45, 7) is 1.98. The SMILES string of the molecule is Cc1ccc2c(c1)nnn2C1(c2ccc(Cl)cc2Cl)OC(=O)c2ccccc21. The van der Waals surface area contributed by atoms with Crippen molar-refractivity contribution in [2.75, 3.05) is 0 Å². The quantitative estimate of drug-likeness (QED) is 0.438. The number of ether oxygens (including phenoxy) is 1. The monoisotopic (exact) mass is 409 g/mol. The van der Waals surface area contributed by atoms with Crippen molar-refractivity contribution < 1.29 is 9.53 Å².